The maximum atomic E-state index is 12.3. The van der Waals surface area contributed by atoms with E-state index in [9.17, 15) is 19.5 Å². The van der Waals surface area contributed by atoms with Gasteiger partial charge < -0.3 is 21.1 Å². The third kappa shape index (κ3) is 3.46. The van der Waals surface area contributed by atoms with Crippen molar-refractivity contribution in [2.45, 2.75) is 4.21 Å². The van der Waals surface area contributed by atoms with Crippen LogP contribution >= 0.6 is 34.4 Å². The number of pyridine rings is 1. The summed E-state index contributed by atoms with van der Waals surface area (Å²) in [6.45, 7) is 0. The second-order valence-electron chi connectivity index (χ2n) is 5.68. The predicted octanol–water partition coefficient (Wildman–Crippen LogP) is 2.73. The van der Waals surface area contributed by atoms with E-state index in [-0.39, 0.29) is 28.5 Å². The molecule has 1 aromatic carbocycles. The fourth-order valence-corrected chi connectivity index (χ4v) is 5.73. The molecule has 5 N–H and O–H groups in total. The third-order valence-corrected chi connectivity index (χ3v) is 7.18. The van der Waals surface area contributed by atoms with Gasteiger partial charge in [0.1, 0.15) is 5.75 Å². The molecule has 3 aromatic heterocycles. The molecule has 0 bridgehead atoms. The molecule has 28 heavy (non-hydrogen) atoms. The Morgan fingerprint density at radius 2 is 2.07 bits per heavy atom. The molecular formula is C17H12N4O4S3. The van der Waals surface area contributed by atoms with Gasteiger partial charge in [-0.25, -0.2) is 4.98 Å². The van der Waals surface area contributed by atoms with Crippen molar-refractivity contribution in [3.63, 3.8) is 0 Å². The highest BCUT2D eigenvalue weighted by atomic mass is 32.2. The summed E-state index contributed by atoms with van der Waals surface area (Å²) in [6, 6.07) is 8.57. The van der Waals surface area contributed by atoms with Gasteiger partial charge in [0.25, 0.3) is 11.5 Å². The Labute approximate surface area is 169 Å². The van der Waals surface area contributed by atoms with Crippen molar-refractivity contribution >= 4 is 71.8 Å². The number of fused-ring (bicyclic) bond motifs is 2. The Morgan fingerprint density at radius 1 is 1.29 bits per heavy atom. The quantitative estimate of drug-likeness (QED) is 0.358. The Hall–Kier alpha value is -2.89. The zero-order valence-corrected chi connectivity index (χ0v) is 16.5. The van der Waals surface area contributed by atoms with Crippen LogP contribution in [-0.4, -0.2) is 32.6 Å². The molecule has 8 nitrogen and oxygen atoms in total. The van der Waals surface area contributed by atoms with Gasteiger partial charge in [0.15, 0.2) is 5.13 Å². The van der Waals surface area contributed by atoms with Gasteiger partial charge in [0.05, 0.1) is 36.0 Å². The smallest absolute Gasteiger partial charge is 0.252 e. The van der Waals surface area contributed by atoms with Crippen molar-refractivity contribution in [3.05, 3.63) is 46.2 Å². The molecule has 2 amide bonds. The molecular weight excluding hydrogens is 420 g/mol. The first-order chi connectivity index (χ1) is 13.4. The highest BCUT2D eigenvalue weighted by molar-refractivity contribution is 8.02. The minimum atomic E-state index is -0.749. The number of para-hydroxylation sites is 1. The normalized spacial score (nSPS) is 11.1. The number of thiophene rings is 1. The highest BCUT2D eigenvalue weighted by Gasteiger charge is 2.21. The average molecular weight is 433 g/mol. The number of anilines is 1. The van der Waals surface area contributed by atoms with Gasteiger partial charge in [-0.3, -0.25) is 14.4 Å². The first-order valence-electron chi connectivity index (χ1n) is 7.89. The largest absolute Gasteiger partial charge is 0.506 e. The van der Waals surface area contributed by atoms with Crippen molar-refractivity contribution in [1.82, 2.24) is 9.97 Å². The van der Waals surface area contributed by atoms with Gasteiger partial charge in [-0.05, 0) is 12.1 Å². The van der Waals surface area contributed by atoms with E-state index in [0.717, 1.165) is 39.4 Å². The number of aromatic nitrogens is 2. The first-order valence-corrected chi connectivity index (χ1v) is 10.5. The number of thiazole rings is 1. The minimum Gasteiger partial charge on any atom is -0.506 e. The Bertz CT molecular complexity index is 1260. The summed E-state index contributed by atoms with van der Waals surface area (Å²) >= 11 is 3.55. The van der Waals surface area contributed by atoms with Crippen LogP contribution in [0.5, 0.6) is 5.75 Å². The van der Waals surface area contributed by atoms with Crippen LogP contribution in [0.3, 0.4) is 0 Å². The second-order valence-corrected chi connectivity index (χ2v) is 8.97. The number of H-pyrrole nitrogens is 1. The van der Waals surface area contributed by atoms with E-state index in [2.05, 4.69) is 15.3 Å². The van der Waals surface area contributed by atoms with E-state index in [1.165, 1.54) is 11.3 Å². The fourth-order valence-electron chi connectivity index (χ4n) is 2.60. The van der Waals surface area contributed by atoms with E-state index in [4.69, 9.17) is 5.73 Å². The van der Waals surface area contributed by atoms with Crippen molar-refractivity contribution in [1.29, 1.82) is 0 Å². The van der Waals surface area contributed by atoms with Crippen LogP contribution < -0.4 is 16.6 Å². The number of nitrogens with zero attached hydrogens (tertiary/aromatic N) is 1. The van der Waals surface area contributed by atoms with Crippen LogP contribution in [0.2, 0.25) is 0 Å². The number of primary amides is 1. The SMILES string of the molecule is NC(=O)c1c(SCC(=O)Nc2nc3ccccc3s2)sc2c(O)cc(=O)[nH]c12. The molecule has 0 aliphatic heterocycles. The van der Waals surface area contributed by atoms with E-state index in [0.29, 0.717) is 14.0 Å². The van der Waals surface area contributed by atoms with Gasteiger partial charge in [0.2, 0.25) is 5.91 Å². The van der Waals surface area contributed by atoms with Crippen molar-refractivity contribution in [2.75, 3.05) is 11.1 Å². The highest BCUT2D eigenvalue weighted by Crippen LogP contribution is 2.40. The number of rotatable bonds is 5. The lowest BCUT2D eigenvalue weighted by molar-refractivity contribution is -0.113. The van der Waals surface area contributed by atoms with Crippen molar-refractivity contribution < 1.29 is 14.7 Å². The summed E-state index contributed by atoms with van der Waals surface area (Å²) in [7, 11) is 0. The molecule has 3 heterocycles. The van der Waals surface area contributed by atoms with Gasteiger partial charge in [-0.15, -0.1) is 23.1 Å². The summed E-state index contributed by atoms with van der Waals surface area (Å²) in [5.74, 6) is -1.28. The zero-order chi connectivity index (χ0) is 19.8. The summed E-state index contributed by atoms with van der Waals surface area (Å²) in [4.78, 5) is 42.6. The molecule has 4 aromatic rings. The zero-order valence-electron chi connectivity index (χ0n) is 14.0. The lowest BCUT2D eigenvalue weighted by Crippen LogP contribution is -2.15. The molecule has 0 saturated carbocycles. The molecule has 0 unspecified atom stereocenters. The number of amides is 2. The Balaban J connectivity index is 1.55. The van der Waals surface area contributed by atoms with E-state index >= 15 is 0 Å². The van der Waals surface area contributed by atoms with Gasteiger partial charge >= 0.3 is 0 Å². The Morgan fingerprint density at radius 3 is 2.82 bits per heavy atom. The molecule has 0 atom stereocenters. The number of benzene rings is 1. The van der Waals surface area contributed by atoms with E-state index in [1.807, 2.05) is 24.3 Å². The van der Waals surface area contributed by atoms with Gasteiger partial charge in [-0.1, -0.05) is 23.5 Å². The molecule has 0 aliphatic carbocycles. The molecule has 0 radical (unpaired) electrons. The third-order valence-electron chi connectivity index (χ3n) is 3.75. The number of aromatic amines is 1. The van der Waals surface area contributed by atoms with Gasteiger partial charge in [-0.2, -0.15) is 0 Å². The van der Waals surface area contributed by atoms with Gasteiger partial charge in [0, 0.05) is 6.07 Å². The number of hydrogen-bond acceptors (Lipinski definition) is 8. The number of carbonyl (C=O) groups excluding carboxylic acids is 2. The van der Waals surface area contributed by atoms with Crippen LogP contribution in [-0.2, 0) is 4.79 Å². The molecule has 11 heteroatoms. The lowest BCUT2D eigenvalue weighted by Gasteiger charge is -2.02. The molecule has 0 fully saturated rings. The summed E-state index contributed by atoms with van der Waals surface area (Å²) in [6.07, 6.45) is 0. The van der Waals surface area contributed by atoms with Crippen LogP contribution in [0.1, 0.15) is 10.4 Å². The number of aromatic hydroxyl groups is 1. The van der Waals surface area contributed by atoms with Crippen LogP contribution in [0, 0.1) is 0 Å². The minimum absolute atomic E-state index is 0.00796. The first kappa shape index (κ1) is 18.5. The number of nitrogens with two attached hydrogens (primary N) is 1. The fraction of sp³-hybridized carbons (Fsp3) is 0.0588. The maximum Gasteiger partial charge on any atom is 0.252 e. The number of nitrogens with one attached hydrogen (secondary N) is 2. The van der Waals surface area contributed by atoms with E-state index < -0.39 is 11.5 Å². The second kappa shape index (κ2) is 7.26. The average Bonchev–Trinajstić information content (AvgIpc) is 3.20. The van der Waals surface area contributed by atoms with Crippen LogP contribution in [0.25, 0.3) is 20.4 Å². The standard InChI is InChI=1S/C17H12N4O4S3/c18-15(25)12-13-14(8(22)5-10(23)20-13)28-16(12)26-6-11(24)21-17-19-7-3-1-2-4-9(7)27-17/h1-5H,6H2,(H2,18,25)(H,19,21,24)(H2,20,22,23). The van der Waals surface area contributed by atoms with E-state index in [1.54, 1.807) is 0 Å². The molecule has 142 valence electrons. The van der Waals surface area contributed by atoms with Crippen LogP contribution in [0.15, 0.2) is 39.3 Å². The summed E-state index contributed by atoms with van der Waals surface area (Å²) < 4.78 is 1.74. The summed E-state index contributed by atoms with van der Waals surface area (Å²) in [5.41, 5.74) is 5.96. The molecule has 0 spiro atoms. The number of hydrogen-bond donors (Lipinski definition) is 4. The monoisotopic (exact) mass is 432 g/mol. The molecule has 0 saturated heterocycles. The number of carbonyl (C=O) groups is 2. The molecule has 4 rings (SSSR count). The summed E-state index contributed by atoms with van der Waals surface area (Å²) in [5, 5.41) is 13.2. The predicted molar refractivity (Wildman–Crippen MR) is 112 cm³/mol. The van der Waals surface area contributed by atoms with Crippen molar-refractivity contribution in [3.8, 4) is 5.75 Å². The lowest BCUT2D eigenvalue weighted by atomic mass is 10.2. The van der Waals surface area contributed by atoms with Crippen molar-refractivity contribution in [2.24, 2.45) is 5.73 Å². The topological polar surface area (TPSA) is 138 Å². The Kier molecular flexibility index (Phi) is 4.79. The number of thioether (sulfide) groups is 1. The maximum absolute atomic E-state index is 12.3. The van der Waals surface area contributed by atoms with Crippen LogP contribution in [0.4, 0.5) is 5.13 Å². The molecule has 0 aliphatic rings.